The van der Waals surface area contributed by atoms with Crippen LogP contribution in [0.1, 0.15) is 27.6 Å². The Hall–Kier alpha value is -4.03. The van der Waals surface area contributed by atoms with E-state index in [1.165, 1.54) is 6.07 Å². The zero-order chi connectivity index (χ0) is 20.7. The third-order valence-electron chi connectivity index (χ3n) is 5.16. The van der Waals surface area contributed by atoms with Crippen LogP contribution >= 0.6 is 0 Å². The Morgan fingerprint density at radius 1 is 0.900 bits per heavy atom. The van der Waals surface area contributed by atoms with Crippen molar-refractivity contribution >= 4 is 27.9 Å². The van der Waals surface area contributed by atoms with Crippen LogP contribution in [-0.4, -0.2) is 31.1 Å². The maximum absolute atomic E-state index is 11.1. The standard InChI is InChI=1S/C24H17N3O3/c28-22(18-11-16-3-1-2-4-19(16)25-13-18)14-5-7-15(8-6-14)23-26-20-10-9-17(24(29)30)12-21(20)27-23/h1-13,22,28H,(H,26,27)(H,29,30). The van der Waals surface area contributed by atoms with E-state index in [9.17, 15) is 9.90 Å². The number of imidazole rings is 1. The van der Waals surface area contributed by atoms with Crippen LogP contribution in [0.5, 0.6) is 0 Å². The Balaban J connectivity index is 1.44. The monoisotopic (exact) mass is 395 g/mol. The normalized spacial score (nSPS) is 12.3. The van der Waals surface area contributed by atoms with E-state index in [-0.39, 0.29) is 5.56 Å². The fourth-order valence-electron chi connectivity index (χ4n) is 3.53. The summed E-state index contributed by atoms with van der Waals surface area (Å²) in [6, 6.07) is 22.0. The molecule has 2 heterocycles. The number of benzene rings is 3. The summed E-state index contributed by atoms with van der Waals surface area (Å²) in [5.41, 5.74) is 4.78. The second-order valence-electron chi connectivity index (χ2n) is 7.11. The van der Waals surface area contributed by atoms with E-state index < -0.39 is 12.1 Å². The van der Waals surface area contributed by atoms with Crippen molar-refractivity contribution in [2.24, 2.45) is 0 Å². The fraction of sp³-hybridized carbons (Fsp3) is 0.0417. The summed E-state index contributed by atoms with van der Waals surface area (Å²) in [5, 5.41) is 20.9. The number of carboxylic acid groups (broad SMARTS) is 1. The number of aliphatic hydroxyl groups excluding tert-OH is 1. The van der Waals surface area contributed by atoms with Gasteiger partial charge >= 0.3 is 5.97 Å². The average molecular weight is 395 g/mol. The molecule has 0 spiro atoms. The molecule has 6 nitrogen and oxygen atoms in total. The van der Waals surface area contributed by atoms with Crippen LogP contribution in [-0.2, 0) is 0 Å². The van der Waals surface area contributed by atoms with Crippen molar-refractivity contribution in [2.75, 3.05) is 0 Å². The third-order valence-corrected chi connectivity index (χ3v) is 5.16. The van der Waals surface area contributed by atoms with E-state index in [0.717, 1.165) is 27.6 Å². The lowest BCUT2D eigenvalue weighted by atomic mass is 10.0. The minimum Gasteiger partial charge on any atom is -0.478 e. The van der Waals surface area contributed by atoms with Crippen LogP contribution in [0.3, 0.4) is 0 Å². The van der Waals surface area contributed by atoms with Crippen LogP contribution in [0.2, 0.25) is 0 Å². The molecular formula is C24H17N3O3. The number of aromatic amines is 1. The molecular weight excluding hydrogens is 378 g/mol. The van der Waals surface area contributed by atoms with Crippen molar-refractivity contribution < 1.29 is 15.0 Å². The number of nitrogens with zero attached hydrogens (tertiary/aromatic N) is 2. The largest absolute Gasteiger partial charge is 0.478 e. The van der Waals surface area contributed by atoms with Gasteiger partial charge in [-0.2, -0.15) is 0 Å². The van der Waals surface area contributed by atoms with Gasteiger partial charge < -0.3 is 15.2 Å². The van der Waals surface area contributed by atoms with Gasteiger partial charge in [-0.15, -0.1) is 0 Å². The van der Waals surface area contributed by atoms with Crippen LogP contribution in [0.15, 0.2) is 79.0 Å². The molecule has 6 heteroatoms. The molecule has 3 aromatic carbocycles. The number of carbonyl (C=O) groups is 1. The number of aromatic nitrogens is 3. The van der Waals surface area contributed by atoms with Crippen molar-refractivity contribution in [2.45, 2.75) is 6.10 Å². The third kappa shape index (κ3) is 3.19. The molecule has 0 aliphatic rings. The van der Waals surface area contributed by atoms with Gasteiger partial charge in [0, 0.05) is 22.7 Å². The number of H-pyrrole nitrogens is 1. The summed E-state index contributed by atoms with van der Waals surface area (Å²) in [7, 11) is 0. The van der Waals surface area contributed by atoms with Crippen molar-refractivity contribution in [3.63, 3.8) is 0 Å². The van der Waals surface area contributed by atoms with Crippen molar-refractivity contribution in [3.8, 4) is 11.4 Å². The molecule has 3 N–H and O–H groups in total. The Labute approximate surface area is 171 Å². The van der Waals surface area contributed by atoms with E-state index in [0.29, 0.717) is 16.9 Å². The number of rotatable bonds is 4. The molecule has 0 fully saturated rings. The second-order valence-corrected chi connectivity index (χ2v) is 7.11. The maximum Gasteiger partial charge on any atom is 0.335 e. The van der Waals surface area contributed by atoms with E-state index in [4.69, 9.17) is 5.11 Å². The lowest BCUT2D eigenvalue weighted by Crippen LogP contribution is -2.00. The van der Waals surface area contributed by atoms with Gasteiger partial charge in [0.05, 0.1) is 22.1 Å². The minimum atomic E-state index is -0.977. The van der Waals surface area contributed by atoms with Gasteiger partial charge in [-0.05, 0) is 35.9 Å². The van der Waals surface area contributed by atoms with Crippen LogP contribution in [0, 0.1) is 0 Å². The topological polar surface area (TPSA) is 99.1 Å². The number of carboxylic acids is 1. The molecule has 0 radical (unpaired) electrons. The molecule has 0 bridgehead atoms. The summed E-state index contributed by atoms with van der Waals surface area (Å²) in [6.07, 6.45) is 0.908. The van der Waals surface area contributed by atoms with Crippen LogP contribution < -0.4 is 0 Å². The first kappa shape index (κ1) is 18.0. The molecule has 0 aliphatic heterocycles. The predicted octanol–water partition coefficient (Wildman–Crippen LogP) is 4.56. The molecule has 0 saturated carbocycles. The van der Waals surface area contributed by atoms with E-state index in [2.05, 4.69) is 15.0 Å². The highest BCUT2D eigenvalue weighted by Gasteiger charge is 2.13. The molecule has 146 valence electrons. The summed E-state index contributed by atoms with van der Waals surface area (Å²) >= 11 is 0. The number of hydrogen-bond acceptors (Lipinski definition) is 4. The molecule has 5 aromatic rings. The summed E-state index contributed by atoms with van der Waals surface area (Å²) in [6.45, 7) is 0. The van der Waals surface area contributed by atoms with Crippen molar-refractivity contribution in [1.29, 1.82) is 0 Å². The zero-order valence-electron chi connectivity index (χ0n) is 15.8. The van der Waals surface area contributed by atoms with Gasteiger partial charge in [-0.3, -0.25) is 4.98 Å². The van der Waals surface area contributed by atoms with E-state index >= 15 is 0 Å². The number of aromatic carboxylic acids is 1. The first-order chi connectivity index (χ1) is 14.6. The summed E-state index contributed by atoms with van der Waals surface area (Å²) in [4.78, 5) is 23.3. The smallest absolute Gasteiger partial charge is 0.335 e. The van der Waals surface area contributed by atoms with Gasteiger partial charge in [0.15, 0.2) is 0 Å². The first-order valence-electron chi connectivity index (χ1n) is 9.45. The highest BCUT2D eigenvalue weighted by molar-refractivity contribution is 5.93. The highest BCUT2D eigenvalue weighted by atomic mass is 16.4. The molecule has 1 atom stereocenters. The SMILES string of the molecule is O=C(O)c1ccc2nc(-c3ccc(C(O)c4cnc5ccccc5c4)cc3)[nH]c2c1. The summed E-state index contributed by atoms with van der Waals surface area (Å²) < 4.78 is 0. The zero-order valence-corrected chi connectivity index (χ0v) is 15.8. The Bertz CT molecular complexity index is 1390. The van der Waals surface area contributed by atoms with Gasteiger partial charge in [0.25, 0.3) is 0 Å². The molecule has 30 heavy (non-hydrogen) atoms. The summed E-state index contributed by atoms with van der Waals surface area (Å²) in [5.74, 6) is -0.337. The lowest BCUT2D eigenvalue weighted by Gasteiger charge is -2.12. The van der Waals surface area contributed by atoms with E-state index in [1.807, 2.05) is 54.6 Å². The van der Waals surface area contributed by atoms with Gasteiger partial charge in [-0.25, -0.2) is 9.78 Å². The highest BCUT2D eigenvalue weighted by Crippen LogP contribution is 2.27. The van der Waals surface area contributed by atoms with Crippen molar-refractivity contribution in [3.05, 3.63) is 95.7 Å². The average Bonchev–Trinajstić information content (AvgIpc) is 3.22. The maximum atomic E-state index is 11.1. The second kappa shape index (κ2) is 7.09. The van der Waals surface area contributed by atoms with Crippen LogP contribution in [0.25, 0.3) is 33.3 Å². The Kier molecular flexibility index (Phi) is 4.26. The number of fused-ring (bicyclic) bond motifs is 2. The first-order valence-corrected chi connectivity index (χ1v) is 9.45. The number of hydrogen-bond donors (Lipinski definition) is 3. The predicted molar refractivity (Wildman–Crippen MR) is 114 cm³/mol. The molecule has 1 unspecified atom stereocenters. The Morgan fingerprint density at radius 2 is 1.70 bits per heavy atom. The minimum absolute atomic E-state index is 0.208. The molecule has 0 amide bonds. The molecule has 2 aromatic heterocycles. The quantitative estimate of drug-likeness (QED) is 0.414. The van der Waals surface area contributed by atoms with Crippen LogP contribution in [0.4, 0.5) is 0 Å². The van der Waals surface area contributed by atoms with Gasteiger partial charge in [0.2, 0.25) is 0 Å². The Morgan fingerprint density at radius 3 is 2.50 bits per heavy atom. The van der Waals surface area contributed by atoms with Crippen molar-refractivity contribution in [1.82, 2.24) is 15.0 Å². The lowest BCUT2D eigenvalue weighted by molar-refractivity contribution is 0.0697. The van der Waals surface area contributed by atoms with Gasteiger partial charge in [0.1, 0.15) is 11.9 Å². The number of nitrogens with one attached hydrogen (secondary N) is 1. The molecule has 0 saturated heterocycles. The number of pyridine rings is 1. The molecule has 0 aliphatic carbocycles. The number of para-hydroxylation sites is 1. The van der Waals surface area contributed by atoms with Gasteiger partial charge in [-0.1, -0.05) is 42.5 Å². The van der Waals surface area contributed by atoms with E-state index in [1.54, 1.807) is 18.3 Å². The molecule has 5 rings (SSSR count). The fourth-order valence-corrected chi connectivity index (χ4v) is 3.53. The number of aliphatic hydroxyl groups is 1.